The zero-order chi connectivity index (χ0) is 15.9. The average molecular weight is 312 g/mol. The molecule has 0 spiro atoms. The molecule has 0 aromatic heterocycles. The van der Waals surface area contributed by atoms with Crippen molar-refractivity contribution in [3.63, 3.8) is 0 Å². The minimum Gasteiger partial charge on any atom is -0.392 e. The second-order valence-electron chi connectivity index (χ2n) is 3.70. The maximum absolute atomic E-state index is 12.5. The number of halogens is 9. The lowest BCUT2D eigenvalue weighted by Gasteiger charge is -2.20. The first kappa shape index (κ1) is 16.6. The lowest BCUT2D eigenvalue weighted by Crippen LogP contribution is -2.19. The van der Waals surface area contributed by atoms with Gasteiger partial charge in [0, 0.05) is 5.56 Å². The van der Waals surface area contributed by atoms with Crippen molar-refractivity contribution in [2.75, 3.05) is 0 Å². The van der Waals surface area contributed by atoms with Crippen LogP contribution in [0.1, 0.15) is 22.3 Å². The Kier molecular flexibility index (Phi) is 4.01. The first-order valence-electron chi connectivity index (χ1n) is 4.78. The Morgan fingerprint density at radius 1 is 0.700 bits per heavy atom. The molecule has 1 aromatic rings. The third kappa shape index (κ3) is 3.35. The number of hydrogen-bond acceptors (Lipinski definition) is 1. The lowest BCUT2D eigenvalue weighted by molar-refractivity contribution is -0.150. The van der Waals surface area contributed by atoms with E-state index in [4.69, 9.17) is 5.11 Å². The van der Waals surface area contributed by atoms with Crippen molar-refractivity contribution < 1.29 is 44.6 Å². The first-order chi connectivity index (χ1) is 8.78. The summed E-state index contributed by atoms with van der Waals surface area (Å²) in [6.07, 6.45) is -16.3. The molecule has 0 heterocycles. The van der Waals surface area contributed by atoms with Crippen LogP contribution in [0.15, 0.2) is 12.1 Å². The third-order valence-corrected chi connectivity index (χ3v) is 2.35. The van der Waals surface area contributed by atoms with Crippen LogP contribution >= 0.6 is 0 Å². The summed E-state index contributed by atoms with van der Waals surface area (Å²) in [4.78, 5) is 0. The number of hydrogen-bond donors (Lipinski definition) is 1. The van der Waals surface area contributed by atoms with Gasteiger partial charge in [0.2, 0.25) is 0 Å². The summed E-state index contributed by atoms with van der Waals surface area (Å²) in [6, 6.07) is -0.915. The minimum absolute atomic E-state index is 0.458. The molecule has 0 aliphatic carbocycles. The van der Waals surface area contributed by atoms with Gasteiger partial charge in [-0.2, -0.15) is 39.5 Å². The summed E-state index contributed by atoms with van der Waals surface area (Å²) in [5, 5.41) is 8.64. The maximum Gasteiger partial charge on any atom is 0.416 e. The summed E-state index contributed by atoms with van der Waals surface area (Å²) in [6.45, 7) is -1.69. The molecule has 114 valence electrons. The van der Waals surface area contributed by atoms with Crippen LogP contribution in [0, 0.1) is 0 Å². The van der Waals surface area contributed by atoms with E-state index in [2.05, 4.69) is 0 Å². The maximum atomic E-state index is 12.5. The Balaban J connectivity index is 3.75. The highest BCUT2D eigenvalue weighted by molar-refractivity contribution is 5.43. The van der Waals surface area contributed by atoms with Gasteiger partial charge in [0.15, 0.2) is 0 Å². The van der Waals surface area contributed by atoms with Crippen LogP contribution in [0.25, 0.3) is 0 Å². The van der Waals surface area contributed by atoms with Gasteiger partial charge in [0.1, 0.15) is 0 Å². The van der Waals surface area contributed by atoms with E-state index in [0.29, 0.717) is 0 Å². The zero-order valence-electron chi connectivity index (χ0n) is 9.21. The van der Waals surface area contributed by atoms with E-state index in [9.17, 15) is 39.5 Å². The summed E-state index contributed by atoms with van der Waals surface area (Å²) >= 11 is 0. The Bertz CT molecular complexity index is 460. The molecule has 1 rings (SSSR count). The van der Waals surface area contributed by atoms with Crippen LogP contribution < -0.4 is 0 Å². The standard InChI is InChI=1S/C10H5F9O/c11-8(12,13)4-1-6(9(14,15)16)5(3-20)7(2-4)10(17,18)19/h1-2,20H,3H2. The molecule has 0 saturated carbocycles. The van der Waals surface area contributed by atoms with Crippen LogP contribution in [-0.2, 0) is 25.1 Å². The molecule has 0 fully saturated rings. The van der Waals surface area contributed by atoms with Crippen LogP contribution in [-0.4, -0.2) is 5.11 Å². The Labute approximate surface area is 105 Å². The number of aliphatic hydroxyl groups is 1. The van der Waals surface area contributed by atoms with E-state index < -0.39 is 59.5 Å². The van der Waals surface area contributed by atoms with E-state index in [1.54, 1.807) is 0 Å². The summed E-state index contributed by atoms with van der Waals surface area (Å²) in [7, 11) is 0. The van der Waals surface area contributed by atoms with E-state index in [1.165, 1.54) is 0 Å². The summed E-state index contributed by atoms with van der Waals surface area (Å²) in [5.41, 5.74) is -8.06. The molecule has 0 aliphatic heterocycles. The molecule has 1 nitrogen and oxygen atoms in total. The van der Waals surface area contributed by atoms with Crippen LogP contribution in [0.4, 0.5) is 39.5 Å². The number of aliphatic hydroxyl groups excluding tert-OH is 1. The average Bonchev–Trinajstić information content (AvgIpc) is 2.23. The fourth-order valence-electron chi connectivity index (χ4n) is 1.51. The zero-order valence-corrected chi connectivity index (χ0v) is 9.21. The van der Waals surface area contributed by atoms with Crippen LogP contribution in [0.3, 0.4) is 0 Å². The van der Waals surface area contributed by atoms with E-state index in [1.807, 2.05) is 0 Å². The smallest absolute Gasteiger partial charge is 0.392 e. The molecule has 1 N–H and O–H groups in total. The molecule has 20 heavy (non-hydrogen) atoms. The van der Waals surface area contributed by atoms with Gasteiger partial charge in [-0.25, -0.2) is 0 Å². The predicted molar refractivity (Wildman–Crippen MR) is 47.4 cm³/mol. The molecular weight excluding hydrogens is 307 g/mol. The van der Waals surface area contributed by atoms with Gasteiger partial charge in [-0.1, -0.05) is 0 Å². The van der Waals surface area contributed by atoms with Gasteiger partial charge in [-0.3, -0.25) is 0 Å². The molecule has 0 bridgehead atoms. The molecule has 1 aromatic carbocycles. The summed E-state index contributed by atoms with van der Waals surface area (Å²) < 4.78 is 112. The highest BCUT2D eigenvalue weighted by Crippen LogP contribution is 2.43. The van der Waals surface area contributed by atoms with Crippen molar-refractivity contribution >= 4 is 0 Å². The van der Waals surface area contributed by atoms with Gasteiger partial charge in [-0.05, 0) is 12.1 Å². The molecular formula is C10H5F9O. The molecule has 0 atom stereocenters. The minimum atomic E-state index is -5.46. The van der Waals surface area contributed by atoms with Crippen molar-refractivity contribution in [1.29, 1.82) is 0 Å². The predicted octanol–water partition coefficient (Wildman–Crippen LogP) is 4.24. The van der Waals surface area contributed by atoms with Crippen molar-refractivity contribution in [2.24, 2.45) is 0 Å². The molecule has 0 unspecified atom stereocenters. The number of alkyl halides is 9. The molecule has 0 saturated heterocycles. The Morgan fingerprint density at radius 2 is 1.05 bits per heavy atom. The molecule has 10 heteroatoms. The Morgan fingerprint density at radius 3 is 1.25 bits per heavy atom. The fraction of sp³-hybridized carbons (Fsp3) is 0.400. The highest BCUT2D eigenvalue weighted by Gasteiger charge is 2.44. The van der Waals surface area contributed by atoms with Gasteiger partial charge in [0.25, 0.3) is 0 Å². The van der Waals surface area contributed by atoms with E-state index >= 15 is 0 Å². The highest BCUT2D eigenvalue weighted by atomic mass is 19.4. The second kappa shape index (κ2) is 4.83. The van der Waals surface area contributed by atoms with Gasteiger partial charge >= 0.3 is 18.5 Å². The third-order valence-electron chi connectivity index (χ3n) is 2.35. The quantitative estimate of drug-likeness (QED) is 0.769. The SMILES string of the molecule is OCc1c(C(F)(F)F)cc(C(F)(F)F)cc1C(F)(F)F. The molecule has 0 amide bonds. The normalized spacial score (nSPS) is 13.7. The van der Waals surface area contributed by atoms with Crippen LogP contribution in [0.5, 0.6) is 0 Å². The largest absolute Gasteiger partial charge is 0.416 e. The Hall–Kier alpha value is -1.45. The summed E-state index contributed by atoms with van der Waals surface area (Å²) in [5.74, 6) is 0. The van der Waals surface area contributed by atoms with Crippen molar-refractivity contribution in [2.45, 2.75) is 25.1 Å². The molecule has 0 aliphatic rings. The van der Waals surface area contributed by atoms with Crippen molar-refractivity contribution in [3.05, 3.63) is 34.4 Å². The fourth-order valence-corrected chi connectivity index (χ4v) is 1.51. The lowest BCUT2D eigenvalue weighted by atomic mass is 9.96. The van der Waals surface area contributed by atoms with E-state index in [0.717, 1.165) is 0 Å². The van der Waals surface area contributed by atoms with Gasteiger partial charge in [0.05, 0.1) is 23.3 Å². The monoisotopic (exact) mass is 312 g/mol. The molecule has 0 radical (unpaired) electrons. The first-order valence-corrected chi connectivity index (χ1v) is 4.78. The van der Waals surface area contributed by atoms with Crippen molar-refractivity contribution in [1.82, 2.24) is 0 Å². The number of rotatable bonds is 1. The second-order valence-corrected chi connectivity index (χ2v) is 3.70. The number of benzene rings is 1. The van der Waals surface area contributed by atoms with Gasteiger partial charge in [-0.15, -0.1) is 0 Å². The van der Waals surface area contributed by atoms with Crippen molar-refractivity contribution in [3.8, 4) is 0 Å². The topological polar surface area (TPSA) is 20.2 Å². The van der Waals surface area contributed by atoms with Crippen LogP contribution in [0.2, 0.25) is 0 Å². The van der Waals surface area contributed by atoms with E-state index in [-0.39, 0.29) is 0 Å². The van der Waals surface area contributed by atoms with Gasteiger partial charge < -0.3 is 5.11 Å².